The molecule has 0 aromatic rings. The van der Waals surface area contributed by atoms with E-state index in [-0.39, 0.29) is 17.9 Å². The summed E-state index contributed by atoms with van der Waals surface area (Å²) < 4.78 is 0. The standard InChI is InChI=1S/C16H28N2O3/c1-3-11-9-13(14(10-11)16(20)21)15(19)17-12-5-7-18(4-2)8-6-12/h11-14H,3-10H2,1-2H3,(H,17,19)(H,20,21)/t11?,13-,14+/m0/s1. The monoisotopic (exact) mass is 296 g/mol. The molecule has 3 atom stereocenters. The molecule has 1 amide bonds. The molecule has 2 rings (SSSR count). The van der Waals surface area contributed by atoms with Crippen LogP contribution >= 0.6 is 0 Å². The average molecular weight is 296 g/mol. The third kappa shape index (κ3) is 3.96. The molecule has 5 heteroatoms. The number of carbonyl (C=O) groups excluding carboxylic acids is 1. The Morgan fingerprint density at radius 3 is 2.29 bits per heavy atom. The summed E-state index contributed by atoms with van der Waals surface area (Å²) in [5.41, 5.74) is 0. The van der Waals surface area contributed by atoms with Crippen molar-refractivity contribution in [2.24, 2.45) is 17.8 Å². The highest BCUT2D eigenvalue weighted by Gasteiger charge is 2.42. The Kier molecular flexibility index (Phi) is 5.62. The Morgan fingerprint density at radius 2 is 1.76 bits per heavy atom. The van der Waals surface area contributed by atoms with Gasteiger partial charge in [0, 0.05) is 19.1 Å². The lowest BCUT2D eigenvalue weighted by Crippen LogP contribution is -2.47. The van der Waals surface area contributed by atoms with E-state index in [1.54, 1.807) is 0 Å². The zero-order valence-corrected chi connectivity index (χ0v) is 13.2. The van der Waals surface area contributed by atoms with Crippen molar-refractivity contribution in [1.82, 2.24) is 10.2 Å². The van der Waals surface area contributed by atoms with Gasteiger partial charge in [-0.1, -0.05) is 20.3 Å². The number of piperidine rings is 1. The molecule has 0 spiro atoms. The lowest BCUT2D eigenvalue weighted by molar-refractivity contribution is -0.146. The zero-order chi connectivity index (χ0) is 15.4. The molecule has 0 radical (unpaired) electrons. The highest BCUT2D eigenvalue weighted by Crippen LogP contribution is 2.38. The van der Waals surface area contributed by atoms with Gasteiger partial charge >= 0.3 is 5.97 Å². The van der Waals surface area contributed by atoms with Crippen LogP contribution in [0, 0.1) is 17.8 Å². The Hall–Kier alpha value is -1.10. The number of carbonyl (C=O) groups is 2. The van der Waals surface area contributed by atoms with Gasteiger partial charge in [-0.15, -0.1) is 0 Å². The summed E-state index contributed by atoms with van der Waals surface area (Å²) in [6.07, 6.45) is 4.29. The Bertz CT molecular complexity index is 378. The van der Waals surface area contributed by atoms with Crippen LogP contribution in [0.2, 0.25) is 0 Å². The van der Waals surface area contributed by atoms with E-state index in [2.05, 4.69) is 24.1 Å². The van der Waals surface area contributed by atoms with E-state index in [0.29, 0.717) is 12.3 Å². The van der Waals surface area contributed by atoms with E-state index in [9.17, 15) is 14.7 Å². The minimum atomic E-state index is -0.813. The second-order valence-corrected chi connectivity index (χ2v) is 6.51. The molecule has 5 nitrogen and oxygen atoms in total. The number of aliphatic carboxylic acids is 1. The van der Waals surface area contributed by atoms with Gasteiger partial charge in [-0.05, 0) is 38.1 Å². The lowest BCUT2D eigenvalue weighted by atomic mass is 9.94. The zero-order valence-electron chi connectivity index (χ0n) is 13.2. The predicted molar refractivity (Wildman–Crippen MR) is 80.9 cm³/mol. The topological polar surface area (TPSA) is 69.6 Å². The summed E-state index contributed by atoms with van der Waals surface area (Å²) in [6, 6.07) is 0.218. The van der Waals surface area contributed by atoms with Crippen molar-refractivity contribution in [3.8, 4) is 0 Å². The molecule has 2 N–H and O–H groups in total. The highest BCUT2D eigenvalue weighted by molar-refractivity contribution is 5.85. The summed E-state index contributed by atoms with van der Waals surface area (Å²) in [6.45, 7) is 7.32. The first-order valence-corrected chi connectivity index (χ1v) is 8.30. The van der Waals surface area contributed by atoms with E-state index in [0.717, 1.165) is 45.3 Å². The van der Waals surface area contributed by atoms with Crippen molar-refractivity contribution in [3.63, 3.8) is 0 Å². The van der Waals surface area contributed by atoms with Crippen LogP contribution in [0.4, 0.5) is 0 Å². The molecule has 21 heavy (non-hydrogen) atoms. The third-order valence-electron chi connectivity index (χ3n) is 5.27. The highest BCUT2D eigenvalue weighted by atomic mass is 16.4. The molecular weight excluding hydrogens is 268 g/mol. The van der Waals surface area contributed by atoms with Crippen molar-refractivity contribution in [2.45, 2.75) is 52.0 Å². The SMILES string of the molecule is CCC1C[C@H](C(=O)NC2CCN(CC)CC2)[C@H](C(=O)O)C1. The maximum absolute atomic E-state index is 12.5. The third-order valence-corrected chi connectivity index (χ3v) is 5.27. The first-order chi connectivity index (χ1) is 10.0. The molecular formula is C16H28N2O3. The van der Waals surface area contributed by atoms with E-state index in [1.165, 1.54) is 0 Å². The van der Waals surface area contributed by atoms with Crippen LogP contribution in [0.3, 0.4) is 0 Å². The average Bonchev–Trinajstić information content (AvgIpc) is 2.92. The van der Waals surface area contributed by atoms with E-state index in [1.807, 2.05) is 0 Å². The van der Waals surface area contributed by atoms with Crippen LogP contribution in [-0.4, -0.2) is 47.6 Å². The fourth-order valence-corrected chi connectivity index (χ4v) is 3.74. The summed E-state index contributed by atoms with van der Waals surface area (Å²) >= 11 is 0. The van der Waals surface area contributed by atoms with Gasteiger partial charge in [-0.3, -0.25) is 9.59 Å². The maximum atomic E-state index is 12.5. The number of carboxylic acids is 1. The molecule has 1 unspecified atom stereocenters. The minimum Gasteiger partial charge on any atom is -0.481 e. The van der Waals surface area contributed by atoms with Gasteiger partial charge in [0.25, 0.3) is 0 Å². The normalized spacial score (nSPS) is 31.2. The van der Waals surface area contributed by atoms with Gasteiger partial charge in [0.2, 0.25) is 5.91 Å². The van der Waals surface area contributed by atoms with Gasteiger partial charge < -0.3 is 15.3 Å². The van der Waals surface area contributed by atoms with Crippen LogP contribution in [0.25, 0.3) is 0 Å². The molecule has 1 saturated heterocycles. The number of amides is 1. The molecule has 1 saturated carbocycles. The number of rotatable bonds is 5. The van der Waals surface area contributed by atoms with Gasteiger partial charge in [-0.25, -0.2) is 0 Å². The summed E-state index contributed by atoms with van der Waals surface area (Å²) in [5.74, 6) is -1.30. The van der Waals surface area contributed by atoms with Crippen LogP contribution in [0.5, 0.6) is 0 Å². The maximum Gasteiger partial charge on any atom is 0.307 e. The van der Waals surface area contributed by atoms with Crippen LogP contribution in [0.1, 0.15) is 46.0 Å². The second kappa shape index (κ2) is 7.25. The number of hydrogen-bond acceptors (Lipinski definition) is 3. The molecule has 2 fully saturated rings. The number of carboxylic acid groups (broad SMARTS) is 1. The molecule has 0 aromatic carbocycles. The van der Waals surface area contributed by atoms with Crippen molar-refractivity contribution in [3.05, 3.63) is 0 Å². The fraction of sp³-hybridized carbons (Fsp3) is 0.875. The second-order valence-electron chi connectivity index (χ2n) is 6.51. The fourth-order valence-electron chi connectivity index (χ4n) is 3.74. The molecule has 1 heterocycles. The number of hydrogen-bond donors (Lipinski definition) is 2. The van der Waals surface area contributed by atoms with Crippen LogP contribution in [-0.2, 0) is 9.59 Å². The van der Waals surface area contributed by atoms with E-state index in [4.69, 9.17) is 0 Å². The first-order valence-electron chi connectivity index (χ1n) is 8.30. The Morgan fingerprint density at radius 1 is 1.14 bits per heavy atom. The molecule has 2 aliphatic rings. The van der Waals surface area contributed by atoms with Crippen molar-refractivity contribution in [1.29, 1.82) is 0 Å². The predicted octanol–water partition coefficient (Wildman–Crippen LogP) is 1.72. The molecule has 0 aromatic heterocycles. The Balaban J connectivity index is 1.88. The van der Waals surface area contributed by atoms with E-state index < -0.39 is 11.9 Å². The quantitative estimate of drug-likeness (QED) is 0.810. The number of likely N-dealkylation sites (tertiary alicyclic amines) is 1. The van der Waals surface area contributed by atoms with Gasteiger partial charge in [0.15, 0.2) is 0 Å². The van der Waals surface area contributed by atoms with Crippen molar-refractivity contribution >= 4 is 11.9 Å². The van der Waals surface area contributed by atoms with Crippen molar-refractivity contribution < 1.29 is 14.7 Å². The molecule has 1 aliphatic heterocycles. The lowest BCUT2D eigenvalue weighted by Gasteiger charge is -2.32. The van der Waals surface area contributed by atoms with Crippen molar-refractivity contribution in [2.75, 3.05) is 19.6 Å². The van der Waals surface area contributed by atoms with E-state index >= 15 is 0 Å². The summed E-state index contributed by atoms with van der Waals surface area (Å²) in [7, 11) is 0. The summed E-state index contributed by atoms with van der Waals surface area (Å²) in [4.78, 5) is 26.2. The Labute approximate surface area is 127 Å². The van der Waals surface area contributed by atoms with Gasteiger partial charge in [0.05, 0.1) is 11.8 Å². The number of nitrogens with one attached hydrogen (secondary N) is 1. The first kappa shape index (κ1) is 16.3. The largest absolute Gasteiger partial charge is 0.481 e. The van der Waals surface area contributed by atoms with Gasteiger partial charge in [0.1, 0.15) is 0 Å². The smallest absolute Gasteiger partial charge is 0.307 e. The van der Waals surface area contributed by atoms with Gasteiger partial charge in [-0.2, -0.15) is 0 Å². The number of nitrogens with zero attached hydrogens (tertiary/aromatic N) is 1. The minimum absolute atomic E-state index is 0.0340. The molecule has 0 bridgehead atoms. The molecule has 1 aliphatic carbocycles. The molecule has 120 valence electrons. The van der Waals surface area contributed by atoms with Crippen LogP contribution in [0.15, 0.2) is 0 Å². The summed E-state index contributed by atoms with van der Waals surface area (Å²) in [5, 5.41) is 12.4. The van der Waals surface area contributed by atoms with Crippen LogP contribution < -0.4 is 5.32 Å².